The van der Waals surface area contributed by atoms with Gasteiger partial charge in [0.05, 0.1) is 5.52 Å². The Hall–Kier alpha value is -2.76. The maximum atomic E-state index is 5.77. The molecule has 0 atom stereocenters. The summed E-state index contributed by atoms with van der Waals surface area (Å²) in [6.45, 7) is 1.98. The Kier molecular flexibility index (Phi) is 3.13. The molecular weight excluding hydrogens is 264 g/mol. The molecule has 6 heteroatoms. The third kappa shape index (κ3) is 2.60. The molecule has 2 N–H and O–H groups in total. The largest absolute Gasteiger partial charge is 0.368 e. The predicted octanol–water partition coefficient (Wildman–Crippen LogP) is 2.04. The summed E-state index contributed by atoms with van der Waals surface area (Å²) in [5, 5.41) is 1.04. The summed E-state index contributed by atoms with van der Waals surface area (Å²) in [6.07, 6.45) is 0. The third-order valence-corrected chi connectivity index (χ3v) is 3.13. The molecule has 0 amide bonds. The van der Waals surface area contributed by atoms with Crippen molar-refractivity contribution in [2.75, 3.05) is 24.7 Å². The van der Waals surface area contributed by atoms with Crippen molar-refractivity contribution in [1.29, 1.82) is 0 Å². The molecule has 0 aliphatic heterocycles. The molecule has 0 bridgehead atoms. The minimum atomic E-state index is 0.214. The maximum Gasteiger partial charge on any atom is 0.230 e. The topological polar surface area (TPSA) is 80.8 Å². The van der Waals surface area contributed by atoms with Crippen molar-refractivity contribution in [2.45, 2.75) is 6.92 Å². The lowest BCUT2D eigenvalue weighted by Crippen LogP contribution is -2.15. The van der Waals surface area contributed by atoms with Crippen LogP contribution in [0.3, 0.4) is 0 Å². The molecule has 1 aromatic carbocycles. The van der Waals surface area contributed by atoms with E-state index in [-0.39, 0.29) is 5.95 Å². The van der Waals surface area contributed by atoms with Crippen molar-refractivity contribution >= 4 is 22.8 Å². The van der Waals surface area contributed by atoms with Crippen molar-refractivity contribution < 1.29 is 0 Å². The number of pyridine rings is 1. The monoisotopic (exact) mass is 280 g/mol. The summed E-state index contributed by atoms with van der Waals surface area (Å²) < 4.78 is 0. The van der Waals surface area contributed by atoms with Crippen molar-refractivity contribution in [3.63, 3.8) is 0 Å². The number of anilines is 2. The van der Waals surface area contributed by atoms with Crippen LogP contribution in [0.15, 0.2) is 30.3 Å². The fraction of sp³-hybridized carbons (Fsp3) is 0.200. The van der Waals surface area contributed by atoms with Crippen LogP contribution in [0, 0.1) is 6.92 Å². The van der Waals surface area contributed by atoms with Crippen LogP contribution in [0.1, 0.15) is 5.69 Å². The van der Waals surface area contributed by atoms with E-state index in [9.17, 15) is 0 Å². The van der Waals surface area contributed by atoms with E-state index in [4.69, 9.17) is 5.73 Å². The van der Waals surface area contributed by atoms with E-state index in [0.29, 0.717) is 11.8 Å². The van der Waals surface area contributed by atoms with Crippen LogP contribution in [0.25, 0.3) is 22.3 Å². The number of aryl methyl sites for hydroxylation is 1. The lowest BCUT2D eigenvalue weighted by Gasteiger charge is -2.11. The van der Waals surface area contributed by atoms with Gasteiger partial charge in [0.2, 0.25) is 11.9 Å². The predicted molar refractivity (Wildman–Crippen MR) is 84.0 cm³/mol. The second-order valence-electron chi connectivity index (χ2n) is 5.07. The van der Waals surface area contributed by atoms with Gasteiger partial charge in [-0.1, -0.05) is 6.07 Å². The molecule has 0 radical (unpaired) electrons. The van der Waals surface area contributed by atoms with Crippen LogP contribution in [0.4, 0.5) is 11.9 Å². The van der Waals surface area contributed by atoms with E-state index in [1.165, 1.54) is 0 Å². The molecule has 0 saturated heterocycles. The van der Waals surface area contributed by atoms with E-state index in [1.54, 1.807) is 4.90 Å². The number of nitrogen functional groups attached to an aromatic ring is 1. The number of rotatable bonds is 2. The number of nitrogens with two attached hydrogens (primary N) is 1. The molecule has 0 unspecified atom stereocenters. The highest BCUT2D eigenvalue weighted by Crippen LogP contribution is 2.22. The lowest BCUT2D eigenvalue weighted by molar-refractivity contribution is 0.970. The van der Waals surface area contributed by atoms with Crippen molar-refractivity contribution in [1.82, 2.24) is 19.9 Å². The molecule has 0 aliphatic carbocycles. The van der Waals surface area contributed by atoms with Gasteiger partial charge in [0, 0.05) is 30.7 Å². The van der Waals surface area contributed by atoms with Crippen molar-refractivity contribution in [3.8, 4) is 11.4 Å². The van der Waals surface area contributed by atoms with Gasteiger partial charge < -0.3 is 10.6 Å². The van der Waals surface area contributed by atoms with Gasteiger partial charge in [-0.3, -0.25) is 4.98 Å². The third-order valence-electron chi connectivity index (χ3n) is 3.13. The molecule has 2 heterocycles. The number of benzene rings is 1. The minimum Gasteiger partial charge on any atom is -0.368 e. The van der Waals surface area contributed by atoms with Crippen LogP contribution >= 0.6 is 0 Å². The summed E-state index contributed by atoms with van der Waals surface area (Å²) in [5.41, 5.74) is 8.61. The molecule has 0 fully saturated rings. The van der Waals surface area contributed by atoms with Gasteiger partial charge in [-0.15, -0.1) is 0 Å². The zero-order chi connectivity index (χ0) is 15.0. The lowest BCUT2D eigenvalue weighted by atomic mass is 10.1. The van der Waals surface area contributed by atoms with E-state index < -0.39 is 0 Å². The summed E-state index contributed by atoms with van der Waals surface area (Å²) in [5.74, 6) is 1.32. The van der Waals surface area contributed by atoms with Gasteiger partial charge in [0.1, 0.15) is 0 Å². The van der Waals surface area contributed by atoms with Gasteiger partial charge in [0.25, 0.3) is 0 Å². The van der Waals surface area contributed by atoms with Crippen LogP contribution < -0.4 is 10.6 Å². The van der Waals surface area contributed by atoms with Crippen molar-refractivity contribution in [3.05, 3.63) is 36.0 Å². The Morgan fingerprint density at radius 1 is 0.952 bits per heavy atom. The first kappa shape index (κ1) is 13.2. The number of fused-ring (bicyclic) bond motifs is 1. The fourth-order valence-corrected chi connectivity index (χ4v) is 2.08. The van der Waals surface area contributed by atoms with E-state index in [2.05, 4.69) is 19.9 Å². The van der Waals surface area contributed by atoms with E-state index in [1.807, 2.05) is 51.4 Å². The fourth-order valence-electron chi connectivity index (χ4n) is 2.08. The highest BCUT2D eigenvalue weighted by Gasteiger charge is 2.09. The minimum absolute atomic E-state index is 0.214. The molecular formula is C15H16N6. The molecule has 106 valence electrons. The number of nitrogens with zero attached hydrogens (tertiary/aromatic N) is 5. The van der Waals surface area contributed by atoms with Crippen LogP contribution in [-0.4, -0.2) is 34.0 Å². The van der Waals surface area contributed by atoms with Gasteiger partial charge in [0.15, 0.2) is 5.82 Å². The average molecular weight is 280 g/mol. The molecule has 6 nitrogen and oxygen atoms in total. The summed E-state index contributed by atoms with van der Waals surface area (Å²) >= 11 is 0. The molecule has 21 heavy (non-hydrogen) atoms. The first-order valence-electron chi connectivity index (χ1n) is 6.59. The van der Waals surface area contributed by atoms with Gasteiger partial charge in [-0.05, 0) is 31.2 Å². The van der Waals surface area contributed by atoms with Gasteiger partial charge in [-0.2, -0.15) is 15.0 Å². The Balaban J connectivity index is 2.14. The summed E-state index contributed by atoms with van der Waals surface area (Å²) in [4.78, 5) is 19.0. The zero-order valence-corrected chi connectivity index (χ0v) is 12.2. The zero-order valence-electron chi connectivity index (χ0n) is 12.2. The van der Waals surface area contributed by atoms with Crippen molar-refractivity contribution in [2.24, 2.45) is 0 Å². The number of aromatic nitrogens is 4. The Morgan fingerprint density at radius 3 is 2.52 bits per heavy atom. The second-order valence-corrected chi connectivity index (χ2v) is 5.07. The molecule has 2 aromatic heterocycles. The van der Waals surface area contributed by atoms with E-state index in [0.717, 1.165) is 22.2 Å². The Labute approximate surface area is 122 Å². The first-order valence-corrected chi connectivity index (χ1v) is 6.59. The highest BCUT2D eigenvalue weighted by molar-refractivity contribution is 5.83. The quantitative estimate of drug-likeness (QED) is 0.773. The Bertz CT molecular complexity index is 812. The van der Waals surface area contributed by atoms with Gasteiger partial charge >= 0.3 is 0 Å². The SMILES string of the molecule is Cc1ccc2cc(-c3nc(N)nc(N(C)C)n3)ccc2n1. The molecule has 3 aromatic rings. The average Bonchev–Trinajstić information content (AvgIpc) is 2.46. The Morgan fingerprint density at radius 2 is 1.76 bits per heavy atom. The normalized spacial score (nSPS) is 10.8. The molecule has 0 aliphatic rings. The van der Waals surface area contributed by atoms with Crippen LogP contribution in [0.5, 0.6) is 0 Å². The van der Waals surface area contributed by atoms with Gasteiger partial charge in [-0.25, -0.2) is 0 Å². The highest BCUT2D eigenvalue weighted by atomic mass is 15.3. The summed E-state index contributed by atoms with van der Waals surface area (Å²) in [7, 11) is 3.73. The molecule has 0 spiro atoms. The second kappa shape index (κ2) is 4.97. The van der Waals surface area contributed by atoms with E-state index >= 15 is 0 Å². The summed E-state index contributed by atoms with van der Waals surface area (Å²) in [6, 6.07) is 9.95. The van der Waals surface area contributed by atoms with Crippen LogP contribution in [-0.2, 0) is 0 Å². The molecule has 3 rings (SSSR count). The standard InChI is InChI=1S/C15H16N6/c1-9-4-5-10-8-11(6-7-12(10)17-9)13-18-14(16)20-15(19-13)21(2)3/h4-8H,1-3H3,(H2,16,18,19,20). The first-order chi connectivity index (χ1) is 10.0. The number of hydrogen-bond donors (Lipinski definition) is 1. The maximum absolute atomic E-state index is 5.77. The molecule has 0 saturated carbocycles. The smallest absolute Gasteiger partial charge is 0.230 e. The van der Waals surface area contributed by atoms with Crippen LogP contribution in [0.2, 0.25) is 0 Å². The number of hydrogen-bond acceptors (Lipinski definition) is 6.